The van der Waals surface area contributed by atoms with Crippen molar-refractivity contribution in [3.63, 3.8) is 0 Å². The highest BCUT2D eigenvalue weighted by atomic mass is 35.5. The van der Waals surface area contributed by atoms with E-state index in [1.165, 1.54) is 0 Å². The minimum absolute atomic E-state index is 0.0138. The lowest BCUT2D eigenvalue weighted by atomic mass is 10.1. The maximum absolute atomic E-state index is 12.2. The number of carbonyl (C=O) groups is 2. The molecule has 5 nitrogen and oxygen atoms in total. The van der Waals surface area contributed by atoms with Crippen LogP contribution in [-0.4, -0.2) is 24.4 Å². The van der Waals surface area contributed by atoms with Gasteiger partial charge in [-0.05, 0) is 43.2 Å². The van der Waals surface area contributed by atoms with Gasteiger partial charge in [0.25, 0.3) is 5.91 Å². The summed E-state index contributed by atoms with van der Waals surface area (Å²) in [4.78, 5) is 24.4. The number of nitrogens with one attached hydrogen (secondary N) is 3. The number of carbonyl (C=O) groups excluding carboxylic acids is 2. The molecule has 2 aromatic carbocycles. The number of halogens is 2. The number of hydrogen-bond donors (Lipinski definition) is 3. The van der Waals surface area contributed by atoms with Gasteiger partial charge in [-0.2, -0.15) is 0 Å². The molecule has 3 rings (SSSR count). The maximum Gasteiger partial charge on any atom is 0.253 e. The average molecular weight is 378 g/mol. The Morgan fingerprint density at radius 3 is 2.52 bits per heavy atom. The lowest BCUT2D eigenvalue weighted by molar-refractivity contribution is -0.114. The van der Waals surface area contributed by atoms with Crippen LogP contribution in [0.1, 0.15) is 23.2 Å². The Bertz CT molecular complexity index is 807. The minimum atomic E-state index is -0.280. The Morgan fingerprint density at radius 1 is 1.04 bits per heavy atom. The van der Waals surface area contributed by atoms with Crippen molar-refractivity contribution < 1.29 is 9.59 Å². The van der Waals surface area contributed by atoms with Gasteiger partial charge < -0.3 is 16.0 Å². The second-order valence-electron chi connectivity index (χ2n) is 5.82. The molecule has 3 N–H and O–H groups in total. The van der Waals surface area contributed by atoms with Crippen LogP contribution < -0.4 is 16.0 Å². The molecule has 25 heavy (non-hydrogen) atoms. The number of amides is 2. The van der Waals surface area contributed by atoms with Gasteiger partial charge in [0.2, 0.25) is 5.91 Å². The molecule has 0 unspecified atom stereocenters. The van der Waals surface area contributed by atoms with Gasteiger partial charge in [-0.3, -0.25) is 9.59 Å². The van der Waals surface area contributed by atoms with E-state index in [-0.39, 0.29) is 24.4 Å². The van der Waals surface area contributed by atoms with E-state index in [0.717, 1.165) is 12.8 Å². The quantitative estimate of drug-likeness (QED) is 0.713. The van der Waals surface area contributed by atoms with Crippen LogP contribution in [0.15, 0.2) is 42.5 Å². The molecule has 2 aromatic rings. The topological polar surface area (TPSA) is 70.2 Å². The van der Waals surface area contributed by atoms with Crippen molar-refractivity contribution in [2.45, 2.75) is 18.9 Å². The summed E-state index contributed by atoms with van der Waals surface area (Å²) in [6, 6.07) is 12.2. The molecule has 0 spiro atoms. The molecule has 7 heteroatoms. The molecule has 0 atom stereocenters. The fraction of sp³-hybridized carbons (Fsp3) is 0.222. The van der Waals surface area contributed by atoms with Crippen molar-refractivity contribution in [2.24, 2.45) is 0 Å². The molecular formula is C18H17Cl2N3O2. The van der Waals surface area contributed by atoms with Gasteiger partial charge in [-0.1, -0.05) is 35.3 Å². The van der Waals surface area contributed by atoms with Crippen LogP contribution in [0.2, 0.25) is 10.0 Å². The first kappa shape index (κ1) is 17.6. The van der Waals surface area contributed by atoms with Gasteiger partial charge in [0, 0.05) is 11.1 Å². The molecule has 0 radical (unpaired) electrons. The summed E-state index contributed by atoms with van der Waals surface area (Å²) in [6.45, 7) is 0.0138. The van der Waals surface area contributed by atoms with Gasteiger partial charge >= 0.3 is 0 Å². The fourth-order valence-corrected chi connectivity index (χ4v) is 2.76. The lowest BCUT2D eigenvalue weighted by Gasteiger charge is -2.12. The normalized spacial score (nSPS) is 13.2. The molecule has 130 valence electrons. The predicted octanol–water partition coefficient (Wildman–Crippen LogP) is 3.94. The molecule has 1 saturated carbocycles. The third-order valence-corrected chi connectivity index (χ3v) is 4.28. The largest absolute Gasteiger partial charge is 0.375 e. The van der Waals surface area contributed by atoms with Crippen LogP contribution in [0.4, 0.5) is 11.4 Å². The lowest BCUT2D eigenvalue weighted by Crippen LogP contribution is -2.28. The highest BCUT2D eigenvalue weighted by Gasteiger charge is 2.24. The van der Waals surface area contributed by atoms with Crippen molar-refractivity contribution in [3.05, 3.63) is 58.1 Å². The molecule has 2 amide bonds. The van der Waals surface area contributed by atoms with Crippen molar-refractivity contribution in [3.8, 4) is 0 Å². The number of hydrogen-bond acceptors (Lipinski definition) is 3. The van der Waals surface area contributed by atoms with Crippen molar-refractivity contribution in [2.75, 3.05) is 17.2 Å². The SMILES string of the molecule is O=C(CNc1ccc(Cl)cc1Cl)Nc1ccccc1C(=O)NC1CC1. The fourth-order valence-electron chi connectivity index (χ4n) is 2.28. The predicted molar refractivity (Wildman–Crippen MR) is 101 cm³/mol. The highest BCUT2D eigenvalue weighted by Crippen LogP contribution is 2.25. The molecular weight excluding hydrogens is 361 g/mol. The first-order valence-corrected chi connectivity index (χ1v) is 8.67. The summed E-state index contributed by atoms with van der Waals surface area (Å²) >= 11 is 11.9. The minimum Gasteiger partial charge on any atom is -0.375 e. The Kier molecular flexibility index (Phi) is 5.46. The molecule has 1 aliphatic carbocycles. The molecule has 0 aliphatic heterocycles. The Hall–Kier alpha value is -2.24. The van der Waals surface area contributed by atoms with E-state index in [9.17, 15) is 9.59 Å². The second-order valence-corrected chi connectivity index (χ2v) is 6.66. The molecule has 0 bridgehead atoms. The maximum atomic E-state index is 12.2. The zero-order valence-electron chi connectivity index (χ0n) is 13.3. The van der Waals surface area contributed by atoms with Gasteiger partial charge in [-0.25, -0.2) is 0 Å². The smallest absolute Gasteiger partial charge is 0.253 e. The zero-order chi connectivity index (χ0) is 17.8. The van der Waals surface area contributed by atoms with Crippen molar-refractivity contribution >= 4 is 46.4 Å². The first-order valence-electron chi connectivity index (χ1n) is 7.91. The summed E-state index contributed by atoms with van der Waals surface area (Å²) in [5.74, 6) is -0.454. The molecule has 1 fully saturated rings. The van der Waals surface area contributed by atoms with E-state index < -0.39 is 0 Å². The average Bonchev–Trinajstić information content (AvgIpc) is 3.38. The number of benzene rings is 2. The van der Waals surface area contributed by atoms with Gasteiger partial charge in [0.15, 0.2) is 0 Å². The number of para-hydroxylation sites is 1. The Balaban J connectivity index is 1.61. The van der Waals surface area contributed by atoms with E-state index in [2.05, 4.69) is 16.0 Å². The molecule has 0 heterocycles. The molecule has 1 aliphatic rings. The summed E-state index contributed by atoms with van der Waals surface area (Å²) < 4.78 is 0. The van der Waals surface area contributed by atoms with E-state index in [1.807, 2.05) is 0 Å². The van der Waals surface area contributed by atoms with E-state index >= 15 is 0 Å². The van der Waals surface area contributed by atoms with Crippen molar-refractivity contribution in [1.82, 2.24) is 5.32 Å². The van der Waals surface area contributed by atoms with Gasteiger partial charge in [0.1, 0.15) is 0 Å². The monoisotopic (exact) mass is 377 g/mol. The van der Waals surface area contributed by atoms with Crippen LogP contribution in [0.5, 0.6) is 0 Å². The van der Waals surface area contributed by atoms with Gasteiger partial charge in [-0.15, -0.1) is 0 Å². The van der Waals surface area contributed by atoms with Crippen molar-refractivity contribution in [1.29, 1.82) is 0 Å². The number of rotatable bonds is 6. The van der Waals surface area contributed by atoms with Crippen LogP contribution in [0.3, 0.4) is 0 Å². The summed E-state index contributed by atoms with van der Waals surface area (Å²) in [5, 5.41) is 9.58. The van der Waals surface area contributed by atoms with E-state index in [1.54, 1.807) is 42.5 Å². The van der Waals surface area contributed by atoms with Gasteiger partial charge in [0.05, 0.1) is 28.5 Å². The van der Waals surface area contributed by atoms with E-state index in [0.29, 0.717) is 27.0 Å². The summed E-state index contributed by atoms with van der Waals surface area (Å²) in [5.41, 5.74) is 1.54. The van der Waals surface area contributed by atoms with Crippen LogP contribution in [0.25, 0.3) is 0 Å². The molecule has 0 aromatic heterocycles. The van der Waals surface area contributed by atoms with Crippen LogP contribution in [0, 0.1) is 0 Å². The first-order chi connectivity index (χ1) is 12.0. The van der Waals surface area contributed by atoms with Crippen LogP contribution >= 0.6 is 23.2 Å². The molecule has 0 saturated heterocycles. The summed E-state index contributed by atoms with van der Waals surface area (Å²) in [6.07, 6.45) is 2.01. The Morgan fingerprint density at radius 2 is 1.80 bits per heavy atom. The highest BCUT2D eigenvalue weighted by molar-refractivity contribution is 6.36. The standard InChI is InChI=1S/C18H17Cl2N3O2/c19-11-5-8-16(14(20)9-11)21-10-17(24)23-15-4-2-1-3-13(15)18(25)22-12-6-7-12/h1-5,8-9,12,21H,6-7,10H2,(H,22,25)(H,23,24). The second kappa shape index (κ2) is 7.76. The Labute approximate surface area is 155 Å². The third-order valence-electron chi connectivity index (χ3n) is 3.73. The zero-order valence-corrected chi connectivity index (χ0v) is 14.8. The number of anilines is 2. The van der Waals surface area contributed by atoms with E-state index in [4.69, 9.17) is 23.2 Å². The third kappa shape index (κ3) is 4.87. The van der Waals surface area contributed by atoms with Crippen LogP contribution in [-0.2, 0) is 4.79 Å². The summed E-state index contributed by atoms with van der Waals surface area (Å²) in [7, 11) is 0.